The highest BCUT2D eigenvalue weighted by atomic mass is 16.5. The topological polar surface area (TPSA) is 97.3 Å². The Balaban J connectivity index is 1.28. The second-order valence-corrected chi connectivity index (χ2v) is 7.28. The number of anilines is 1. The fourth-order valence-corrected chi connectivity index (χ4v) is 3.51. The number of carbonyl (C=O) groups is 1. The average molecular weight is 395 g/mol. The van der Waals surface area contributed by atoms with Gasteiger partial charge in [0.1, 0.15) is 0 Å². The van der Waals surface area contributed by atoms with Gasteiger partial charge in [0.15, 0.2) is 5.89 Å². The van der Waals surface area contributed by atoms with Crippen molar-refractivity contribution in [2.24, 2.45) is 5.92 Å². The molecular formula is C21H25N5O3. The van der Waals surface area contributed by atoms with E-state index in [-0.39, 0.29) is 5.91 Å². The summed E-state index contributed by atoms with van der Waals surface area (Å²) in [7, 11) is 0. The van der Waals surface area contributed by atoms with Gasteiger partial charge in [-0.2, -0.15) is 4.98 Å². The number of amides is 1. The fourth-order valence-electron chi connectivity index (χ4n) is 3.51. The maximum absolute atomic E-state index is 12.4. The number of oxazole rings is 1. The van der Waals surface area contributed by atoms with Crippen molar-refractivity contribution in [3.05, 3.63) is 47.7 Å². The van der Waals surface area contributed by atoms with E-state index >= 15 is 0 Å². The van der Waals surface area contributed by atoms with Crippen LogP contribution in [0.1, 0.15) is 41.9 Å². The predicted molar refractivity (Wildman–Crippen MR) is 108 cm³/mol. The Labute approximate surface area is 169 Å². The first kappa shape index (κ1) is 19.2. The molecule has 152 valence electrons. The number of nitrogens with zero attached hydrogens (tertiary/aromatic N) is 4. The van der Waals surface area contributed by atoms with Crippen LogP contribution in [0.4, 0.5) is 5.95 Å². The summed E-state index contributed by atoms with van der Waals surface area (Å²) in [4.78, 5) is 23.3. The molecule has 1 N–H and O–H groups in total. The molecule has 29 heavy (non-hydrogen) atoms. The van der Waals surface area contributed by atoms with Crippen molar-refractivity contribution < 1.29 is 13.7 Å². The van der Waals surface area contributed by atoms with E-state index in [2.05, 4.69) is 25.3 Å². The molecular weight excluding hydrogens is 370 g/mol. The molecule has 1 aliphatic rings. The molecule has 1 fully saturated rings. The molecule has 0 saturated carbocycles. The second-order valence-electron chi connectivity index (χ2n) is 7.28. The predicted octanol–water partition coefficient (Wildman–Crippen LogP) is 3.24. The molecule has 1 saturated heterocycles. The SMILES string of the molecule is CCc1nc(C)c(C(=O)NCC2CCN(c3noc(-c4ccccc4)n3)CC2)o1. The third-order valence-corrected chi connectivity index (χ3v) is 5.23. The summed E-state index contributed by atoms with van der Waals surface area (Å²) < 4.78 is 10.9. The minimum Gasteiger partial charge on any atom is -0.435 e. The van der Waals surface area contributed by atoms with E-state index in [9.17, 15) is 4.79 Å². The minimum absolute atomic E-state index is 0.192. The zero-order chi connectivity index (χ0) is 20.2. The number of hydrogen-bond donors (Lipinski definition) is 1. The van der Waals surface area contributed by atoms with Gasteiger partial charge in [0, 0.05) is 31.6 Å². The normalized spacial score (nSPS) is 14.9. The molecule has 2 aromatic heterocycles. The highest BCUT2D eigenvalue weighted by molar-refractivity contribution is 5.92. The standard InChI is InChI=1S/C21H25N5O3/c1-3-17-23-14(2)18(28-17)19(27)22-13-15-9-11-26(12-10-15)21-24-20(29-25-21)16-7-5-4-6-8-16/h4-8,15H,3,9-13H2,1-2H3,(H,22,27). The summed E-state index contributed by atoms with van der Waals surface area (Å²) in [5, 5.41) is 7.11. The van der Waals surface area contributed by atoms with Gasteiger partial charge >= 0.3 is 0 Å². The average Bonchev–Trinajstić information content (AvgIpc) is 3.40. The molecule has 8 heteroatoms. The van der Waals surface area contributed by atoms with Crippen LogP contribution in [0.2, 0.25) is 0 Å². The van der Waals surface area contributed by atoms with E-state index in [0.717, 1.165) is 31.5 Å². The molecule has 1 aromatic carbocycles. The van der Waals surface area contributed by atoms with E-state index in [1.54, 1.807) is 6.92 Å². The van der Waals surface area contributed by atoms with Crippen LogP contribution >= 0.6 is 0 Å². The first-order chi connectivity index (χ1) is 14.1. The van der Waals surface area contributed by atoms with Crippen LogP contribution in [0.15, 0.2) is 39.3 Å². The summed E-state index contributed by atoms with van der Waals surface area (Å²) in [5.74, 6) is 2.28. The van der Waals surface area contributed by atoms with Gasteiger partial charge in [-0.15, -0.1) is 0 Å². The Hall–Kier alpha value is -3.16. The van der Waals surface area contributed by atoms with Gasteiger partial charge < -0.3 is 19.2 Å². The number of piperidine rings is 1. The van der Waals surface area contributed by atoms with Crippen LogP contribution in [0.25, 0.3) is 11.5 Å². The summed E-state index contributed by atoms with van der Waals surface area (Å²) in [6.07, 6.45) is 2.57. The molecule has 0 bridgehead atoms. The number of hydrogen-bond acceptors (Lipinski definition) is 7. The van der Waals surface area contributed by atoms with Gasteiger partial charge in [-0.3, -0.25) is 4.79 Å². The van der Waals surface area contributed by atoms with Crippen LogP contribution in [-0.4, -0.2) is 40.7 Å². The van der Waals surface area contributed by atoms with Crippen molar-refractivity contribution in [3.8, 4) is 11.5 Å². The highest BCUT2D eigenvalue weighted by Crippen LogP contribution is 2.24. The zero-order valence-electron chi connectivity index (χ0n) is 16.7. The molecule has 8 nitrogen and oxygen atoms in total. The second kappa shape index (κ2) is 8.46. The maximum atomic E-state index is 12.4. The smallest absolute Gasteiger partial charge is 0.289 e. The molecule has 3 heterocycles. The Kier molecular flexibility index (Phi) is 5.59. The van der Waals surface area contributed by atoms with Crippen molar-refractivity contribution in [1.29, 1.82) is 0 Å². The Bertz CT molecular complexity index is 958. The van der Waals surface area contributed by atoms with E-state index in [4.69, 9.17) is 8.94 Å². The van der Waals surface area contributed by atoms with Crippen molar-refractivity contribution in [1.82, 2.24) is 20.4 Å². The summed E-state index contributed by atoms with van der Waals surface area (Å²) in [6.45, 7) is 6.03. The highest BCUT2D eigenvalue weighted by Gasteiger charge is 2.24. The zero-order valence-corrected chi connectivity index (χ0v) is 16.7. The summed E-state index contributed by atoms with van der Waals surface area (Å²) in [5.41, 5.74) is 1.55. The van der Waals surface area contributed by atoms with Crippen LogP contribution in [-0.2, 0) is 6.42 Å². The molecule has 4 rings (SSSR count). The van der Waals surface area contributed by atoms with Crippen molar-refractivity contribution in [2.45, 2.75) is 33.1 Å². The van der Waals surface area contributed by atoms with E-state index < -0.39 is 0 Å². The first-order valence-corrected chi connectivity index (χ1v) is 10.0. The number of aryl methyl sites for hydroxylation is 2. The molecule has 1 amide bonds. The van der Waals surface area contributed by atoms with Gasteiger partial charge in [0.2, 0.25) is 5.76 Å². The van der Waals surface area contributed by atoms with E-state index in [1.165, 1.54) is 0 Å². The quantitative estimate of drug-likeness (QED) is 0.684. The third kappa shape index (κ3) is 4.31. The lowest BCUT2D eigenvalue weighted by Gasteiger charge is -2.30. The van der Waals surface area contributed by atoms with Gasteiger partial charge in [-0.05, 0) is 43.0 Å². The number of rotatable bonds is 6. The lowest BCUT2D eigenvalue weighted by molar-refractivity contribution is 0.0914. The number of carbonyl (C=O) groups excluding carboxylic acids is 1. The molecule has 0 unspecified atom stereocenters. The van der Waals surface area contributed by atoms with Crippen LogP contribution < -0.4 is 10.2 Å². The monoisotopic (exact) mass is 395 g/mol. The fraction of sp³-hybridized carbons (Fsp3) is 0.429. The summed E-state index contributed by atoms with van der Waals surface area (Å²) in [6, 6.07) is 9.75. The maximum Gasteiger partial charge on any atom is 0.289 e. The minimum atomic E-state index is -0.192. The van der Waals surface area contributed by atoms with Gasteiger partial charge in [0.05, 0.1) is 5.69 Å². The lowest BCUT2D eigenvalue weighted by atomic mass is 9.97. The molecule has 1 aliphatic heterocycles. The van der Waals surface area contributed by atoms with Crippen molar-refractivity contribution in [2.75, 3.05) is 24.5 Å². The molecule has 0 spiro atoms. The van der Waals surface area contributed by atoms with E-state index in [0.29, 0.717) is 48.1 Å². The molecule has 0 aliphatic carbocycles. The summed E-state index contributed by atoms with van der Waals surface area (Å²) >= 11 is 0. The van der Waals surface area contributed by atoms with Crippen LogP contribution in [0.5, 0.6) is 0 Å². The molecule has 0 radical (unpaired) electrons. The number of benzene rings is 1. The van der Waals surface area contributed by atoms with Crippen molar-refractivity contribution in [3.63, 3.8) is 0 Å². The third-order valence-electron chi connectivity index (χ3n) is 5.23. The number of aromatic nitrogens is 3. The Morgan fingerprint density at radius 1 is 1.21 bits per heavy atom. The van der Waals surface area contributed by atoms with Gasteiger partial charge in [-0.25, -0.2) is 4.98 Å². The van der Waals surface area contributed by atoms with E-state index in [1.807, 2.05) is 37.3 Å². The number of nitrogens with one attached hydrogen (secondary N) is 1. The van der Waals surface area contributed by atoms with Gasteiger partial charge in [-0.1, -0.05) is 25.1 Å². The molecule has 3 aromatic rings. The van der Waals surface area contributed by atoms with Gasteiger partial charge in [0.25, 0.3) is 17.7 Å². The Morgan fingerprint density at radius 3 is 2.66 bits per heavy atom. The van der Waals surface area contributed by atoms with Crippen LogP contribution in [0.3, 0.4) is 0 Å². The van der Waals surface area contributed by atoms with Crippen molar-refractivity contribution >= 4 is 11.9 Å². The first-order valence-electron chi connectivity index (χ1n) is 10.0. The largest absolute Gasteiger partial charge is 0.435 e. The van der Waals surface area contributed by atoms with Crippen LogP contribution in [0, 0.1) is 12.8 Å². The Morgan fingerprint density at radius 2 is 1.97 bits per heavy atom. The lowest BCUT2D eigenvalue weighted by Crippen LogP contribution is -2.39. The molecule has 0 atom stereocenters.